The molecule has 0 aromatic heterocycles. The monoisotopic (exact) mass is 202 g/mol. The number of Topliss-reactive ketones (excluding diaryl/α,β-unsaturated/α-hetero) is 1. The van der Waals surface area contributed by atoms with Crippen molar-refractivity contribution in [1.82, 2.24) is 0 Å². The van der Waals surface area contributed by atoms with E-state index < -0.39 is 17.7 Å². The van der Waals surface area contributed by atoms with E-state index in [1.165, 1.54) is 14.0 Å². The Balaban J connectivity index is 4.25. The smallest absolute Gasteiger partial charge is 0.336 e. The van der Waals surface area contributed by atoms with Crippen LogP contribution in [0.5, 0.6) is 0 Å². The molecule has 0 aromatic carbocycles. The van der Waals surface area contributed by atoms with Crippen molar-refractivity contribution >= 4 is 11.8 Å². The number of rotatable bonds is 4. The van der Waals surface area contributed by atoms with Gasteiger partial charge in [0, 0.05) is 13.5 Å². The number of carbonyl (C=O) groups is 2. The van der Waals surface area contributed by atoms with Crippen molar-refractivity contribution in [3.05, 3.63) is 0 Å². The van der Waals surface area contributed by atoms with Crippen LogP contribution in [0, 0.1) is 0 Å². The molecule has 0 amide bonds. The molecule has 14 heavy (non-hydrogen) atoms. The summed E-state index contributed by atoms with van der Waals surface area (Å²) in [5.74, 6) is -0.585. The number of esters is 1. The molecule has 4 heteroatoms. The van der Waals surface area contributed by atoms with E-state index in [4.69, 9.17) is 9.47 Å². The highest BCUT2D eigenvalue weighted by atomic mass is 16.6. The summed E-state index contributed by atoms with van der Waals surface area (Å²) < 4.78 is 9.95. The van der Waals surface area contributed by atoms with Crippen molar-refractivity contribution in [2.75, 3.05) is 7.11 Å². The fourth-order valence-corrected chi connectivity index (χ4v) is 0.891. The first-order valence-electron chi connectivity index (χ1n) is 4.51. The fourth-order valence-electron chi connectivity index (χ4n) is 0.891. The zero-order valence-corrected chi connectivity index (χ0v) is 9.42. The van der Waals surface area contributed by atoms with Crippen molar-refractivity contribution in [3.63, 3.8) is 0 Å². The maximum absolute atomic E-state index is 11.4. The summed E-state index contributed by atoms with van der Waals surface area (Å²) in [4.78, 5) is 22.2. The lowest BCUT2D eigenvalue weighted by Crippen LogP contribution is -2.34. The van der Waals surface area contributed by atoms with Gasteiger partial charge in [0.05, 0.1) is 0 Å². The zero-order chi connectivity index (χ0) is 11.4. The molecule has 0 aliphatic heterocycles. The van der Waals surface area contributed by atoms with Crippen LogP contribution in [-0.2, 0) is 19.1 Å². The summed E-state index contributed by atoms with van der Waals surface area (Å²) in [6, 6.07) is 0. The predicted octanol–water partition coefficient (Wildman–Crippen LogP) is 1.32. The second-order valence-corrected chi connectivity index (χ2v) is 4.16. The average Bonchev–Trinajstić information content (AvgIpc) is 1.96. The molecule has 0 saturated heterocycles. The van der Waals surface area contributed by atoms with Gasteiger partial charge in [0.15, 0.2) is 6.10 Å². The van der Waals surface area contributed by atoms with Gasteiger partial charge < -0.3 is 9.47 Å². The van der Waals surface area contributed by atoms with Gasteiger partial charge in [0.1, 0.15) is 11.4 Å². The van der Waals surface area contributed by atoms with Gasteiger partial charge in [0.2, 0.25) is 0 Å². The zero-order valence-electron chi connectivity index (χ0n) is 9.42. The Hall–Kier alpha value is -0.900. The Bertz CT molecular complexity index is 215. The number of hydrogen-bond acceptors (Lipinski definition) is 4. The number of ether oxygens (including phenoxy) is 2. The summed E-state index contributed by atoms with van der Waals surface area (Å²) in [7, 11) is 1.39. The molecule has 0 bridgehead atoms. The van der Waals surface area contributed by atoms with Crippen molar-refractivity contribution in [3.8, 4) is 0 Å². The van der Waals surface area contributed by atoms with Crippen LogP contribution in [0.25, 0.3) is 0 Å². The van der Waals surface area contributed by atoms with Gasteiger partial charge in [0.25, 0.3) is 0 Å². The quantitative estimate of drug-likeness (QED) is 0.645. The first-order valence-corrected chi connectivity index (χ1v) is 4.51. The fraction of sp³-hybridized carbons (Fsp3) is 0.800. The lowest BCUT2D eigenvalue weighted by molar-refractivity contribution is -0.168. The van der Waals surface area contributed by atoms with Crippen LogP contribution in [0.4, 0.5) is 0 Å². The van der Waals surface area contributed by atoms with Gasteiger partial charge in [-0.2, -0.15) is 0 Å². The molecule has 4 nitrogen and oxygen atoms in total. The van der Waals surface area contributed by atoms with E-state index in [0.717, 1.165) is 0 Å². The highest BCUT2D eigenvalue weighted by molar-refractivity contribution is 5.84. The third-order valence-corrected chi connectivity index (χ3v) is 1.43. The maximum atomic E-state index is 11.4. The highest BCUT2D eigenvalue weighted by Gasteiger charge is 2.25. The van der Waals surface area contributed by atoms with E-state index in [1.54, 1.807) is 20.8 Å². The molecule has 0 N–H and O–H groups in total. The van der Waals surface area contributed by atoms with Gasteiger partial charge in [-0.15, -0.1) is 0 Å². The van der Waals surface area contributed by atoms with Gasteiger partial charge >= 0.3 is 5.97 Å². The van der Waals surface area contributed by atoms with Crippen LogP contribution >= 0.6 is 0 Å². The van der Waals surface area contributed by atoms with E-state index in [1.807, 2.05) is 0 Å². The minimum Gasteiger partial charge on any atom is -0.458 e. The Morgan fingerprint density at radius 2 is 1.79 bits per heavy atom. The van der Waals surface area contributed by atoms with Crippen LogP contribution in [0.1, 0.15) is 34.1 Å². The summed E-state index contributed by atoms with van der Waals surface area (Å²) in [6.45, 7) is 6.72. The second-order valence-electron chi connectivity index (χ2n) is 4.16. The van der Waals surface area contributed by atoms with E-state index in [2.05, 4.69) is 0 Å². The standard InChI is InChI=1S/C10H18O4/c1-7(11)6-8(13-5)9(12)14-10(2,3)4/h8H,6H2,1-5H3. The summed E-state index contributed by atoms with van der Waals surface area (Å²) in [5, 5.41) is 0. The Labute approximate surface area is 84.6 Å². The molecule has 0 fully saturated rings. The Morgan fingerprint density at radius 1 is 1.29 bits per heavy atom. The second kappa shape index (κ2) is 5.10. The largest absolute Gasteiger partial charge is 0.458 e. The van der Waals surface area contributed by atoms with Crippen molar-refractivity contribution in [2.45, 2.75) is 45.8 Å². The van der Waals surface area contributed by atoms with Gasteiger partial charge in [-0.1, -0.05) is 0 Å². The normalized spacial score (nSPS) is 13.5. The molecule has 0 radical (unpaired) electrons. The van der Waals surface area contributed by atoms with Crippen LogP contribution in [0.2, 0.25) is 0 Å². The van der Waals surface area contributed by atoms with Crippen LogP contribution in [-0.4, -0.2) is 30.6 Å². The first kappa shape index (κ1) is 13.1. The van der Waals surface area contributed by atoms with E-state index in [9.17, 15) is 9.59 Å². The van der Waals surface area contributed by atoms with E-state index in [0.29, 0.717) is 0 Å². The molecule has 1 unspecified atom stereocenters. The van der Waals surface area contributed by atoms with E-state index >= 15 is 0 Å². The lowest BCUT2D eigenvalue weighted by atomic mass is 10.1. The summed E-state index contributed by atoms with van der Waals surface area (Å²) in [5.41, 5.74) is -0.551. The molecule has 0 spiro atoms. The Morgan fingerprint density at radius 3 is 2.07 bits per heavy atom. The van der Waals surface area contributed by atoms with Crippen LogP contribution < -0.4 is 0 Å². The SMILES string of the molecule is COC(CC(C)=O)C(=O)OC(C)(C)C. The molecule has 82 valence electrons. The molecular formula is C10H18O4. The molecule has 1 atom stereocenters. The van der Waals surface area contributed by atoms with E-state index in [-0.39, 0.29) is 12.2 Å². The highest BCUT2D eigenvalue weighted by Crippen LogP contribution is 2.11. The average molecular weight is 202 g/mol. The number of methoxy groups -OCH3 is 1. The lowest BCUT2D eigenvalue weighted by Gasteiger charge is -2.22. The summed E-state index contributed by atoms with van der Waals surface area (Å²) >= 11 is 0. The number of hydrogen-bond donors (Lipinski definition) is 0. The van der Waals surface area contributed by atoms with Crippen LogP contribution in [0.15, 0.2) is 0 Å². The van der Waals surface area contributed by atoms with Crippen molar-refractivity contribution in [2.24, 2.45) is 0 Å². The number of ketones is 1. The maximum Gasteiger partial charge on any atom is 0.336 e. The molecule has 0 aliphatic carbocycles. The van der Waals surface area contributed by atoms with Crippen molar-refractivity contribution < 1.29 is 19.1 Å². The molecule has 0 saturated carbocycles. The van der Waals surface area contributed by atoms with Gasteiger partial charge in [-0.3, -0.25) is 4.79 Å². The molecular weight excluding hydrogens is 184 g/mol. The van der Waals surface area contributed by atoms with Gasteiger partial charge in [-0.25, -0.2) is 4.79 Å². The Kier molecular flexibility index (Phi) is 4.77. The van der Waals surface area contributed by atoms with Crippen molar-refractivity contribution in [1.29, 1.82) is 0 Å². The third-order valence-electron chi connectivity index (χ3n) is 1.43. The first-order chi connectivity index (χ1) is 6.26. The predicted molar refractivity (Wildman–Crippen MR) is 51.9 cm³/mol. The molecule has 0 heterocycles. The molecule has 0 aliphatic rings. The third kappa shape index (κ3) is 5.70. The number of carbonyl (C=O) groups excluding carboxylic acids is 2. The minimum atomic E-state index is -0.785. The molecule has 0 rings (SSSR count). The molecule has 0 aromatic rings. The van der Waals surface area contributed by atoms with Crippen LogP contribution in [0.3, 0.4) is 0 Å². The topological polar surface area (TPSA) is 52.6 Å². The minimum absolute atomic E-state index is 0.0609. The summed E-state index contributed by atoms with van der Waals surface area (Å²) in [6.07, 6.45) is -0.725. The van der Waals surface area contributed by atoms with Gasteiger partial charge in [-0.05, 0) is 27.7 Å².